The summed E-state index contributed by atoms with van der Waals surface area (Å²) >= 11 is 0. The molecule has 0 aliphatic rings. The Kier molecular flexibility index (Phi) is 4.39. The molecule has 21 heavy (non-hydrogen) atoms. The Morgan fingerprint density at radius 2 is 1.86 bits per heavy atom. The summed E-state index contributed by atoms with van der Waals surface area (Å²) in [5.74, 6) is -1.01. The summed E-state index contributed by atoms with van der Waals surface area (Å²) < 4.78 is 0. The molecule has 0 aliphatic heterocycles. The molecule has 2 aromatic rings. The second-order valence-corrected chi connectivity index (χ2v) is 4.55. The highest BCUT2D eigenvalue weighted by atomic mass is 16.4. The average molecular weight is 287 g/mol. The van der Waals surface area contributed by atoms with E-state index in [9.17, 15) is 15.0 Å². The number of carboxylic acid groups (broad SMARTS) is 1. The minimum Gasteiger partial charge on any atom is -0.478 e. The first-order valence-corrected chi connectivity index (χ1v) is 6.17. The van der Waals surface area contributed by atoms with Gasteiger partial charge in [0.05, 0.1) is 18.2 Å². The Hall–Kier alpha value is -2.60. The van der Waals surface area contributed by atoms with E-state index in [0.29, 0.717) is 5.56 Å². The van der Waals surface area contributed by atoms with Crippen LogP contribution in [0.1, 0.15) is 22.0 Å². The molecule has 2 atom stereocenters. The van der Waals surface area contributed by atoms with Gasteiger partial charge >= 0.3 is 5.97 Å². The van der Waals surface area contributed by atoms with E-state index in [2.05, 4.69) is 10.0 Å². The number of carbonyl (C=O) groups is 1. The molecule has 0 saturated carbocycles. The van der Waals surface area contributed by atoms with Crippen molar-refractivity contribution in [2.75, 3.05) is 6.54 Å². The molecular weight excluding hydrogens is 274 g/mol. The van der Waals surface area contributed by atoms with Crippen LogP contribution in [0.5, 0.6) is 0 Å². The van der Waals surface area contributed by atoms with Gasteiger partial charge in [0, 0.05) is 4.91 Å². The maximum Gasteiger partial charge on any atom is 0.335 e. The van der Waals surface area contributed by atoms with Crippen molar-refractivity contribution in [3.8, 4) is 0 Å². The van der Waals surface area contributed by atoms with Crippen molar-refractivity contribution >= 4 is 16.7 Å². The molecule has 2 unspecified atom stereocenters. The molecule has 0 spiro atoms. The molecule has 0 aromatic heterocycles. The lowest BCUT2D eigenvalue weighted by Crippen LogP contribution is -2.21. The summed E-state index contributed by atoms with van der Waals surface area (Å²) in [6.45, 7) is -0.229. The largest absolute Gasteiger partial charge is 0.478 e. The lowest BCUT2D eigenvalue weighted by Gasteiger charge is -2.16. The zero-order valence-corrected chi connectivity index (χ0v) is 10.9. The summed E-state index contributed by atoms with van der Waals surface area (Å²) in [5.41, 5.74) is 8.84. The van der Waals surface area contributed by atoms with Crippen molar-refractivity contribution in [1.29, 1.82) is 0 Å². The van der Waals surface area contributed by atoms with E-state index in [0.717, 1.165) is 10.8 Å². The average Bonchev–Trinajstić information content (AvgIpc) is 2.50. The summed E-state index contributed by atoms with van der Waals surface area (Å²) in [6.07, 6.45) is -2.38. The van der Waals surface area contributed by atoms with Crippen LogP contribution in [0.3, 0.4) is 0 Å². The number of nitrogens with zero attached hydrogens (tertiary/aromatic N) is 3. The Morgan fingerprint density at radius 1 is 1.19 bits per heavy atom. The Labute approximate surface area is 119 Å². The fourth-order valence-corrected chi connectivity index (χ4v) is 2.02. The predicted octanol–water partition coefficient (Wildman–Crippen LogP) is 2.24. The fourth-order valence-electron chi connectivity index (χ4n) is 2.02. The Balaban J connectivity index is 2.32. The van der Waals surface area contributed by atoms with E-state index in [1.54, 1.807) is 24.3 Å². The van der Waals surface area contributed by atoms with Crippen LogP contribution in [-0.2, 0) is 0 Å². The van der Waals surface area contributed by atoms with E-state index >= 15 is 0 Å². The third-order valence-corrected chi connectivity index (χ3v) is 3.15. The van der Waals surface area contributed by atoms with Crippen molar-refractivity contribution < 1.29 is 20.1 Å². The smallest absolute Gasteiger partial charge is 0.335 e. The first-order chi connectivity index (χ1) is 10.0. The number of hydrogen-bond donors (Lipinski definition) is 3. The topological polar surface area (TPSA) is 127 Å². The minimum atomic E-state index is -1.20. The molecule has 0 saturated heterocycles. The van der Waals surface area contributed by atoms with Crippen LogP contribution in [0.25, 0.3) is 21.2 Å². The number of rotatable bonds is 5. The Bertz CT molecular complexity index is 725. The molecule has 7 heteroatoms. The van der Waals surface area contributed by atoms with Crippen LogP contribution in [-0.4, -0.2) is 33.9 Å². The van der Waals surface area contributed by atoms with Crippen molar-refractivity contribution in [2.45, 2.75) is 12.2 Å². The highest BCUT2D eigenvalue weighted by Gasteiger charge is 2.18. The van der Waals surface area contributed by atoms with Gasteiger partial charge in [0.25, 0.3) is 0 Å². The van der Waals surface area contributed by atoms with E-state index in [-0.39, 0.29) is 12.1 Å². The van der Waals surface area contributed by atoms with Gasteiger partial charge in [-0.15, -0.1) is 0 Å². The molecule has 108 valence electrons. The monoisotopic (exact) mass is 287 g/mol. The standard InChI is InChI=1S/C14H13N3O4/c15-17-16-7-12(18)13(19)10-3-1-9-6-11(14(20)21)4-2-8(9)5-10/h1-6,12-13,18-19H,7H2,(H,20,21). The highest BCUT2D eigenvalue weighted by Crippen LogP contribution is 2.23. The van der Waals surface area contributed by atoms with Crippen LogP contribution in [0, 0.1) is 0 Å². The molecule has 0 amide bonds. The van der Waals surface area contributed by atoms with Crippen molar-refractivity contribution in [2.24, 2.45) is 5.11 Å². The fraction of sp³-hybridized carbons (Fsp3) is 0.214. The summed E-state index contributed by atoms with van der Waals surface area (Å²) in [4.78, 5) is 13.4. The van der Waals surface area contributed by atoms with Gasteiger partial charge in [0.1, 0.15) is 6.10 Å². The van der Waals surface area contributed by atoms with Crippen LogP contribution in [0.15, 0.2) is 41.5 Å². The lowest BCUT2D eigenvalue weighted by atomic mass is 9.99. The van der Waals surface area contributed by atoms with Gasteiger partial charge in [-0.3, -0.25) is 0 Å². The van der Waals surface area contributed by atoms with Crippen LogP contribution < -0.4 is 0 Å². The zero-order valence-electron chi connectivity index (χ0n) is 10.9. The third kappa shape index (κ3) is 3.29. The SMILES string of the molecule is [N-]=[N+]=NCC(O)C(O)c1ccc2cc(C(=O)O)ccc2c1. The first-order valence-electron chi connectivity index (χ1n) is 6.17. The second-order valence-electron chi connectivity index (χ2n) is 4.55. The molecule has 0 aliphatic carbocycles. The van der Waals surface area contributed by atoms with Crippen molar-refractivity contribution in [1.82, 2.24) is 0 Å². The zero-order chi connectivity index (χ0) is 15.4. The van der Waals surface area contributed by atoms with Gasteiger partial charge in [0.15, 0.2) is 0 Å². The van der Waals surface area contributed by atoms with Crippen molar-refractivity contribution in [3.05, 3.63) is 58.0 Å². The quantitative estimate of drug-likeness (QED) is 0.442. The number of carboxylic acids is 1. The molecule has 2 rings (SSSR count). The number of azide groups is 1. The molecule has 0 heterocycles. The molecule has 0 bridgehead atoms. The van der Waals surface area contributed by atoms with Crippen LogP contribution in [0.4, 0.5) is 0 Å². The molecule has 3 N–H and O–H groups in total. The van der Waals surface area contributed by atoms with E-state index < -0.39 is 18.2 Å². The molecule has 0 fully saturated rings. The van der Waals surface area contributed by atoms with Gasteiger partial charge in [-0.25, -0.2) is 4.79 Å². The summed E-state index contributed by atoms with van der Waals surface area (Å²) in [5, 5.41) is 33.3. The van der Waals surface area contributed by atoms with Gasteiger partial charge in [-0.1, -0.05) is 23.3 Å². The number of aliphatic hydroxyl groups is 2. The first kappa shape index (κ1) is 14.8. The van der Waals surface area contributed by atoms with Gasteiger partial charge < -0.3 is 15.3 Å². The number of aliphatic hydroxyl groups excluding tert-OH is 2. The van der Waals surface area contributed by atoms with Gasteiger partial charge in [-0.05, 0) is 40.1 Å². The van der Waals surface area contributed by atoms with E-state index in [1.165, 1.54) is 12.1 Å². The predicted molar refractivity (Wildman–Crippen MR) is 75.9 cm³/mol. The summed E-state index contributed by atoms with van der Waals surface area (Å²) in [7, 11) is 0. The number of aromatic carboxylic acids is 1. The number of fused-ring (bicyclic) bond motifs is 1. The Morgan fingerprint density at radius 3 is 2.52 bits per heavy atom. The third-order valence-electron chi connectivity index (χ3n) is 3.15. The van der Waals surface area contributed by atoms with E-state index in [4.69, 9.17) is 10.6 Å². The maximum absolute atomic E-state index is 10.9. The van der Waals surface area contributed by atoms with Gasteiger partial charge in [-0.2, -0.15) is 0 Å². The maximum atomic E-state index is 10.9. The van der Waals surface area contributed by atoms with Crippen molar-refractivity contribution in [3.63, 3.8) is 0 Å². The molecule has 7 nitrogen and oxygen atoms in total. The van der Waals surface area contributed by atoms with Gasteiger partial charge in [0.2, 0.25) is 0 Å². The van der Waals surface area contributed by atoms with Crippen LogP contribution >= 0.6 is 0 Å². The number of hydrogen-bond acceptors (Lipinski definition) is 4. The van der Waals surface area contributed by atoms with E-state index in [1.807, 2.05) is 0 Å². The minimum absolute atomic E-state index is 0.180. The summed E-state index contributed by atoms with van der Waals surface area (Å²) in [6, 6.07) is 9.56. The molecule has 2 aromatic carbocycles. The normalized spacial score (nSPS) is 13.4. The highest BCUT2D eigenvalue weighted by molar-refractivity contribution is 5.94. The molecule has 0 radical (unpaired) electrons. The number of benzene rings is 2. The molecular formula is C14H13N3O4. The lowest BCUT2D eigenvalue weighted by molar-refractivity contribution is 0.0245. The second kappa shape index (κ2) is 6.23. The van der Waals surface area contributed by atoms with Crippen LogP contribution in [0.2, 0.25) is 0 Å².